The minimum absolute atomic E-state index is 0. The van der Waals surface area contributed by atoms with Crippen molar-refractivity contribution in [3.63, 3.8) is 0 Å². The molecule has 21 heavy (non-hydrogen) atoms. The molecule has 1 rings (SSSR count). The second-order valence-corrected chi connectivity index (χ2v) is 6.46. The molecule has 0 aliphatic carbocycles. The van der Waals surface area contributed by atoms with E-state index in [4.69, 9.17) is 10.5 Å². The Labute approximate surface area is 131 Å². The van der Waals surface area contributed by atoms with E-state index in [0.717, 1.165) is 6.07 Å². The molecule has 0 atom stereocenters. The minimum Gasteiger partial charge on any atom is -0.494 e. The van der Waals surface area contributed by atoms with Crippen molar-refractivity contribution in [2.75, 3.05) is 13.7 Å². The van der Waals surface area contributed by atoms with Gasteiger partial charge in [0.05, 0.1) is 12.0 Å². The number of nitrogens with one attached hydrogen (secondary N) is 1. The monoisotopic (exact) mass is 340 g/mol. The van der Waals surface area contributed by atoms with Gasteiger partial charge in [-0.2, -0.15) is 0 Å². The predicted molar refractivity (Wildman–Crippen MR) is 82.9 cm³/mol. The van der Waals surface area contributed by atoms with Crippen LogP contribution in [0.4, 0.5) is 4.39 Å². The van der Waals surface area contributed by atoms with Crippen LogP contribution in [0.2, 0.25) is 0 Å². The van der Waals surface area contributed by atoms with Crippen LogP contribution in [-0.2, 0) is 10.0 Å². The topological polar surface area (TPSA) is 81.4 Å². The normalized spacial score (nSPS) is 11.9. The first-order chi connectivity index (χ1) is 9.28. The van der Waals surface area contributed by atoms with Crippen LogP contribution < -0.4 is 15.2 Å². The van der Waals surface area contributed by atoms with Gasteiger partial charge in [0.2, 0.25) is 10.0 Å². The molecule has 0 aliphatic rings. The van der Waals surface area contributed by atoms with Crippen LogP contribution in [0.1, 0.15) is 26.7 Å². The van der Waals surface area contributed by atoms with Crippen LogP contribution >= 0.6 is 12.4 Å². The van der Waals surface area contributed by atoms with Crippen LogP contribution in [0.25, 0.3) is 0 Å². The fourth-order valence-corrected chi connectivity index (χ4v) is 2.79. The van der Waals surface area contributed by atoms with Crippen molar-refractivity contribution < 1.29 is 17.5 Å². The summed E-state index contributed by atoms with van der Waals surface area (Å²) in [5.41, 5.74) is 5.44. The van der Waals surface area contributed by atoms with Crippen molar-refractivity contribution in [2.24, 2.45) is 5.73 Å². The van der Waals surface area contributed by atoms with Crippen molar-refractivity contribution in [1.29, 1.82) is 0 Å². The van der Waals surface area contributed by atoms with Gasteiger partial charge in [-0.05, 0) is 31.0 Å². The van der Waals surface area contributed by atoms with E-state index >= 15 is 0 Å². The first-order valence-corrected chi connectivity index (χ1v) is 7.88. The van der Waals surface area contributed by atoms with E-state index in [2.05, 4.69) is 4.72 Å². The van der Waals surface area contributed by atoms with Crippen molar-refractivity contribution >= 4 is 22.4 Å². The zero-order chi connectivity index (χ0) is 15.4. The summed E-state index contributed by atoms with van der Waals surface area (Å²) in [6.07, 6.45) is 1.28. The van der Waals surface area contributed by atoms with Crippen LogP contribution in [-0.4, -0.2) is 27.6 Å². The molecule has 0 saturated carbocycles. The van der Waals surface area contributed by atoms with Gasteiger partial charge in [-0.3, -0.25) is 0 Å². The summed E-state index contributed by atoms with van der Waals surface area (Å²) in [7, 11) is -2.47. The lowest BCUT2D eigenvalue weighted by molar-refractivity contribution is 0.385. The van der Waals surface area contributed by atoms with E-state index in [0.29, 0.717) is 12.8 Å². The first kappa shape index (κ1) is 20.1. The van der Waals surface area contributed by atoms with Gasteiger partial charge in [-0.1, -0.05) is 13.8 Å². The molecule has 0 heterocycles. The molecule has 8 heteroatoms. The van der Waals surface area contributed by atoms with Crippen molar-refractivity contribution in [2.45, 2.75) is 37.1 Å². The molecule has 0 aliphatic heterocycles. The van der Waals surface area contributed by atoms with Crippen LogP contribution in [0.5, 0.6) is 5.75 Å². The van der Waals surface area contributed by atoms with E-state index < -0.39 is 21.4 Å². The Kier molecular flexibility index (Phi) is 7.60. The molecule has 0 unspecified atom stereocenters. The third-order valence-electron chi connectivity index (χ3n) is 3.46. The summed E-state index contributed by atoms with van der Waals surface area (Å²) < 4.78 is 44.9. The number of hydrogen-bond donors (Lipinski definition) is 2. The maximum atomic E-state index is 13.5. The molecule has 0 spiro atoms. The number of methoxy groups -OCH3 is 1. The number of rotatable bonds is 7. The lowest BCUT2D eigenvalue weighted by atomic mass is 9.95. The largest absolute Gasteiger partial charge is 0.494 e. The van der Waals surface area contributed by atoms with Crippen molar-refractivity contribution in [3.8, 4) is 5.75 Å². The second kappa shape index (κ2) is 7.93. The zero-order valence-corrected chi connectivity index (χ0v) is 14.0. The Bertz CT molecular complexity index is 563. The molecular weight excluding hydrogens is 319 g/mol. The number of sulfonamides is 1. The Hall–Kier alpha value is -0.890. The Morgan fingerprint density at radius 1 is 1.33 bits per heavy atom. The van der Waals surface area contributed by atoms with Crippen LogP contribution in [0.15, 0.2) is 23.1 Å². The van der Waals surface area contributed by atoms with Gasteiger partial charge >= 0.3 is 0 Å². The third-order valence-corrected chi connectivity index (χ3v) is 4.85. The highest BCUT2D eigenvalue weighted by Crippen LogP contribution is 2.21. The lowest BCUT2D eigenvalue weighted by Crippen LogP contribution is -2.49. The van der Waals surface area contributed by atoms with E-state index in [9.17, 15) is 12.8 Å². The van der Waals surface area contributed by atoms with Gasteiger partial charge in [-0.25, -0.2) is 17.5 Å². The third kappa shape index (κ3) is 5.10. The van der Waals surface area contributed by atoms with Gasteiger partial charge < -0.3 is 10.5 Å². The minimum atomic E-state index is -3.79. The highest BCUT2D eigenvalue weighted by atomic mass is 35.5. The number of halogens is 2. The maximum Gasteiger partial charge on any atom is 0.240 e. The second-order valence-electron chi connectivity index (χ2n) is 4.69. The van der Waals surface area contributed by atoms with Gasteiger partial charge in [0.1, 0.15) is 0 Å². The predicted octanol–water partition coefficient (Wildman–Crippen LogP) is 2.05. The number of hydrogen-bond acceptors (Lipinski definition) is 4. The molecule has 1 aromatic rings. The highest BCUT2D eigenvalue weighted by molar-refractivity contribution is 7.89. The van der Waals surface area contributed by atoms with Crippen LogP contribution in [0, 0.1) is 5.82 Å². The maximum absolute atomic E-state index is 13.5. The van der Waals surface area contributed by atoms with E-state index in [1.165, 1.54) is 19.2 Å². The number of benzene rings is 1. The average Bonchev–Trinajstić information content (AvgIpc) is 2.44. The highest BCUT2D eigenvalue weighted by Gasteiger charge is 2.24. The molecule has 3 N–H and O–H groups in total. The molecule has 0 aromatic heterocycles. The summed E-state index contributed by atoms with van der Waals surface area (Å²) in [6.45, 7) is 3.89. The fourth-order valence-electron chi connectivity index (χ4n) is 1.64. The van der Waals surface area contributed by atoms with Crippen LogP contribution in [0.3, 0.4) is 0 Å². The molecule has 0 saturated heterocycles. The smallest absolute Gasteiger partial charge is 0.240 e. The van der Waals surface area contributed by atoms with Crippen molar-refractivity contribution in [3.05, 3.63) is 24.0 Å². The standard InChI is InChI=1S/C13H21FN2O3S.ClH/c1-4-13(15,5-2)9-16-20(17,18)10-6-7-12(19-3)11(14)8-10;/h6-8,16H,4-5,9,15H2,1-3H3;1H. The van der Waals surface area contributed by atoms with E-state index in [-0.39, 0.29) is 29.6 Å². The molecule has 5 nitrogen and oxygen atoms in total. The molecular formula is C13H22ClFN2O3S. The quantitative estimate of drug-likeness (QED) is 0.796. The SMILES string of the molecule is CCC(N)(CC)CNS(=O)(=O)c1ccc(OC)c(F)c1.Cl. The Balaban J connectivity index is 0.00000400. The lowest BCUT2D eigenvalue weighted by Gasteiger charge is -2.26. The number of nitrogens with two attached hydrogens (primary N) is 1. The Morgan fingerprint density at radius 3 is 2.33 bits per heavy atom. The molecule has 1 aromatic carbocycles. The first-order valence-electron chi connectivity index (χ1n) is 6.40. The molecule has 0 bridgehead atoms. The molecule has 0 amide bonds. The van der Waals surface area contributed by atoms with E-state index in [1.807, 2.05) is 13.8 Å². The fraction of sp³-hybridized carbons (Fsp3) is 0.538. The van der Waals surface area contributed by atoms with Gasteiger partial charge in [0.25, 0.3) is 0 Å². The van der Waals surface area contributed by atoms with Gasteiger partial charge in [0.15, 0.2) is 11.6 Å². The summed E-state index contributed by atoms with van der Waals surface area (Å²) in [5, 5.41) is 0. The van der Waals surface area contributed by atoms with Gasteiger partial charge in [0, 0.05) is 12.1 Å². The average molecular weight is 341 g/mol. The molecule has 122 valence electrons. The molecule has 0 fully saturated rings. The molecule has 0 radical (unpaired) electrons. The van der Waals surface area contributed by atoms with Gasteiger partial charge in [-0.15, -0.1) is 12.4 Å². The summed E-state index contributed by atoms with van der Waals surface area (Å²) in [4.78, 5) is -0.148. The Morgan fingerprint density at radius 2 is 1.90 bits per heavy atom. The number of ether oxygens (including phenoxy) is 1. The summed E-state index contributed by atoms with van der Waals surface area (Å²) >= 11 is 0. The zero-order valence-electron chi connectivity index (χ0n) is 12.3. The van der Waals surface area contributed by atoms with E-state index in [1.54, 1.807) is 0 Å². The van der Waals surface area contributed by atoms with Crippen molar-refractivity contribution in [1.82, 2.24) is 4.72 Å². The summed E-state index contributed by atoms with van der Waals surface area (Å²) in [5.74, 6) is -0.723. The summed E-state index contributed by atoms with van der Waals surface area (Å²) in [6, 6.07) is 3.50.